The molecule has 1 heterocycles. The quantitative estimate of drug-likeness (QED) is 0.862. The molecule has 1 atom stereocenters. The van der Waals surface area contributed by atoms with Crippen LogP contribution in [0.2, 0.25) is 0 Å². The topological polar surface area (TPSA) is 47.6 Å². The number of ether oxygens (including phenoxy) is 2. The van der Waals surface area contributed by atoms with E-state index in [0.717, 1.165) is 23.9 Å². The van der Waals surface area contributed by atoms with E-state index in [2.05, 4.69) is 5.32 Å². The van der Waals surface area contributed by atoms with Crippen molar-refractivity contribution in [3.63, 3.8) is 0 Å². The number of fused-ring (bicyclic) bond motifs is 1. The summed E-state index contributed by atoms with van der Waals surface area (Å²) in [7, 11) is 0. The van der Waals surface area contributed by atoms with Crippen LogP contribution in [0.4, 0.5) is 14.5 Å². The minimum Gasteiger partial charge on any atom is -0.454 e. The van der Waals surface area contributed by atoms with Crippen molar-refractivity contribution in [2.45, 2.75) is 17.1 Å². The van der Waals surface area contributed by atoms with E-state index in [1.807, 2.05) is 0 Å². The zero-order valence-electron chi connectivity index (χ0n) is 12.1. The molecule has 3 rings (SSSR count). The fraction of sp³-hybridized carbons (Fsp3) is 0.188. The fourth-order valence-corrected chi connectivity index (χ4v) is 2.90. The molecule has 2 aromatic rings. The van der Waals surface area contributed by atoms with Gasteiger partial charge in [0, 0.05) is 22.7 Å². The van der Waals surface area contributed by atoms with Crippen molar-refractivity contribution in [1.82, 2.24) is 0 Å². The third-order valence-corrected chi connectivity index (χ3v) is 4.36. The van der Waals surface area contributed by atoms with Crippen molar-refractivity contribution in [2.24, 2.45) is 0 Å². The van der Waals surface area contributed by atoms with Gasteiger partial charge in [0.2, 0.25) is 12.7 Å². The number of hydrogen-bond acceptors (Lipinski definition) is 4. The third-order valence-electron chi connectivity index (χ3n) is 3.21. The van der Waals surface area contributed by atoms with E-state index >= 15 is 0 Å². The summed E-state index contributed by atoms with van der Waals surface area (Å²) in [5.74, 6) is -0.439. The number of hydrogen-bond donors (Lipinski definition) is 1. The van der Waals surface area contributed by atoms with E-state index in [4.69, 9.17) is 9.47 Å². The number of amides is 1. The zero-order valence-corrected chi connectivity index (χ0v) is 13.0. The molecule has 0 fully saturated rings. The van der Waals surface area contributed by atoms with Crippen molar-refractivity contribution in [1.29, 1.82) is 0 Å². The van der Waals surface area contributed by atoms with Crippen LogP contribution >= 0.6 is 11.8 Å². The van der Waals surface area contributed by atoms with Gasteiger partial charge in [-0.15, -0.1) is 11.8 Å². The van der Waals surface area contributed by atoms with Gasteiger partial charge in [-0.25, -0.2) is 8.78 Å². The molecule has 1 amide bonds. The number of thioether (sulfide) groups is 1. The lowest BCUT2D eigenvalue weighted by Crippen LogP contribution is -2.22. The highest BCUT2D eigenvalue weighted by molar-refractivity contribution is 8.00. The molecule has 0 aromatic heterocycles. The maximum absolute atomic E-state index is 13.6. The predicted molar refractivity (Wildman–Crippen MR) is 82.9 cm³/mol. The molecule has 0 bridgehead atoms. The van der Waals surface area contributed by atoms with Crippen molar-refractivity contribution in [3.8, 4) is 11.5 Å². The number of carbonyl (C=O) groups is 1. The van der Waals surface area contributed by atoms with Crippen LogP contribution in [0.5, 0.6) is 11.5 Å². The van der Waals surface area contributed by atoms with E-state index in [1.54, 1.807) is 25.1 Å². The summed E-state index contributed by atoms with van der Waals surface area (Å²) in [6, 6.07) is 8.34. The van der Waals surface area contributed by atoms with Gasteiger partial charge in [-0.3, -0.25) is 4.79 Å². The van der Waals surface area contributed by atoms with Gasteiger partial charge in [0.15, 0.2) is 11.5 Å². The summed E-state index contributed by atoms with van der Waals surface area (Å²) in [5, 5.41) is 2.18. The molecular weight excluding hydrogens is 324 g/mol. The summed E-state index contributed by atoms with van der Waals surface area (Å²) >= 11 is 1.02. The second-order valence-electron chi connectivity index (χ2n) is 4.89. The lowest BCUT2D eigenvalue weighted by Gasteiger charge is -2.13. The lowest BCUT2D eigenvalue weighted by molar-refractivity contribution is -0.115. The Kier molecular flexibility index (Phi) is 4.38. The normalized spacial score (nSPS) is 13.7. The molecule has 1 aliphatic rings. The first-order valence-electron chi connectivity index (χ1n) is 6.85. The molecule has 7 heteroatoms. The van der Waals surface area contributed by atoms with Gasteiger partial charge in [0.25, 0.3) is 0 Å². The molecule has 1 aliphatic heterocycles. The maximum Gasteiger partial charge on any atom is 0.237 e. The first-order valence-corrected chi connectivity index (χ1v) is 7.73. The number of halogens is 2. The van der Waals surface area contributed by atoms with Gasteiger partial charge < -0.3 is 14.8 Å². The second-order valence-corrected chi connectivity index (χ2v) is 6.27. The third kappa shape index (κ3) is 3.56. The molecule has 0 saturated carbocycles. The van der Waals surface area contributed by atoms with Crippen LogP contribution in [-0.2, 0) is 4.79 Å². The molecule has 120 valence electrons. The van der Waals surface area contributed by atoms with Gasteiger partial charge in [-0.2, -0.15) is 0 Å². The number of rotatable bonds is 4. The molecule has 0 aliphatic carbocycles. The molecule has 0 saturated heterocycles. The van der Waals surface area contributed by atoms with E-state index < -0.39 is 16.9 Å². The molecule has 2 aromatic carbocycles. The van der Waals surface area contributed by atoms with Crippen LogP contribution in [0.1, 0.15) is 6.92 Å². The predicted octanol–water partition coefficient (Wildman–Crippen LogP) is 3.81. The Morgan fingerprint density at radius 2 is 1.96 bits per heavy atom. The fourth-order valence-electron chi connectivity index (χ4n) is 2.03. The monoisotopic (exact) mass is 337 g/mol. The van der Waals surface area contributed by atoms with E-state index in [9.17, 15) is 13.6 Å². The Morgan fingerprint density at radius 3 is 2.74 bits per heavy atom. The Labute approximate surface area is 135 Å². The number of benzene rings is 2. The summed E-state index contributed by atoms with van der Waals surface area (Å²) in [5.41, 5.74) is 0.561. The maximum atomic E-state index is 13.6. The summed E-state index contributed by atoms with van der Waals surface area (Å²) in [4.78, 5) is 12.4. The largest absolute Gasteiger partial charge is 0.454 e. The minimum absolute atomic E-state index is 0.156. The van der Waals surface area contributed by atoms with Crippen molar-refractivity contribution in [2.75, 3.05) is 12.1 Å². The highest BCUT2D eigenvalue weighted by Gasteiger charge is 2.19. The molecule has 4 nitrogen and oxygen atoms in total. The summed E-state index contributed by atoms with van der Waals surface area (Å²) < 4.78 is 37.0. The molecule has 0 spiro atoms. The standard InChI is InChI=1S/C16H13F2NO3S/c1-9(23-15-5-2-10(17)6-12(15)18)16(20)19-11-3-4-13-14(7-11)22-8-21-13/h2-7,9H,8H2,1H3,(H,19,20)/t9-/m0/s1. The Balaban J connectivity index is 1.65. The van der Waals surface area contributed by atoms with E-state index in [0.29, 0.717) is 17.2 Å². The van der Waals surface area contributed by atoms with Crippen LogP contribution in [0.15, 0.2) is 41.3 Å². The van der Waals surface area contributed by atoms with E-state index in [1.165, 1.54) is 6.07 Å². The lowest BCUT2D eigenvalue weighted by atomic mass is 10.2. The van der Waals surface area contributed by atoms with Crippen molar-refractivity contribution >= 4 is 23.4 Å². The van der Waals surface area contributed by atoms with Crippen LogP contribution in [0.3, 0.4) is 0 Å². The van der Waals surface area contributed by atoms with Crippen LogP contribution in [0, 0.1) is 11.6 Å². The van der Waals surface area contributed by atoms with Crippen LogP contribution < -0.4 is 14.8 Å². The second kappa shape index (κ2) is 6.45. The van der Waals surface area contributed by atoms with Crippen molar-refractivity contribution < 1.29 is 23.0 Å². The molecule has 23 heavy (non-hydrogen) atoms. The minimum atomic E-state index is -0.683. The number of nitrogens with one attached hydrogen (secondary N) is 1. The molecular formula is C16H13F2NO3S. The number of carbonyl (C=O) groups excluding carboxylic acids is 1. The van der Waals surface area contributed by atoms with Crippen molar-refractivity contribution in [3.05, 3.63) is 48.0 Å². The zero-order chi connectivity index (χ0) is 16.4. The molecule has 0 unspecified atom stereocenters. The summed E-state index contributed by atoms with van der Waals surface area (Å²) in [6.07, 6.45) is 0. The Bertz CT molecular complexity index is 754. The molecule has 1 N–H and O–H groups in total. The average Bonchev–Trinajstić information content (AvgIpc) is 2.97. The van der Waals surface area contributed by atoms with Crippen LogP contribution in [0.25, 0.3) is 0 Å². The van der Waals surface area contributed by atoms with Gasteiger partial charge in [-0.05, 0) is 31.2 Å². The average molecular weight is 337 g/mol. The van der Waals surface area contributed by atoms with Gasteiger partial charge in [-0.1, -0.05) is 0 Å². The highest BCUT2D eigenvalue weighted by Crippen LogP contribution is 2.34. The highest BCUT2D eigenvalue weighted by atomic mass is 32.2. The first-order chi connectivity index (χ1) is 11.0. The first kappa shape index (κ1) is 15.6. The number of anilines is 1. The Hall–Kier alpha value is -2.28. The van der Waals surface area contributed by atoms with Gasteiger partial charge in [0.05, 0.1) is 5.25 Å². The molecule has 0 radical (unpaired) electrons. The summed E-state index contributed by atoms with van der Waals surface area (Å²) in [6.45, 7) is 1.80. The van der Waals surface area contributed by atoms with Gasteiger partial charge >= 0.3 is 0 Å². The smallest absolute Gasteiger partial charge is 0.237 e. The van der Waals surface area contributed by atoms with Gasteiger partial charge in [0.1, 0.15) is 11.6 Å². The Morgan fingerprint density at radius 1 is 1.17 bits per heavy atom. The van der Waals surface area contributed by atoms with Crippen LogP contribution in [-0.4, -0.2) is 18.0 Å². The van der Waals surface area contributed by atoms with E-state index in [-0.39, 0.29) is 17.6 Å². The SMILES string of the molecule is C[C@H](Sc1ccc(F)cc1F)C(=O)Nc1ccc2c(c1)OCO2.